The van der Waals surface area contributed by atoms with Crippen molar-refractivity contribution in [3.63, 3.8) is 0 Å². The molecule has 0 bridgehead atoms. The van der Waals surface area contributed by atoms with E-state index in [1.54, 1.807) is 0 Å². The zero-order chi connectivity index (χ0) is 57.1. The maximum Gasteiger partial charge on any atom is 0.306 e. The van der Waals surface area contributed by atoms with E-state index < -0.39 is 6.10 Å². The van der Waals surface area contributed by atoms with E-state index in [2.05, 4.69) is 142 Å². The highest BCUT2D eigenvalue weighted by atomic mass is 16.6. The van der Waals surface area contributed by atoms with Gasteiger partial charge in [0.05, 0.1) is 0 Å². The number of unbranched alkanes of at least 4 members (excludes halogenated alkanes) is 28. The molecule has 0 saturated heterocycles. The minimum absolute atomic E-state index is 0.103. The summed E-state index contributed by atoms with van der Waals surface area (Å²) in [5.74, 6) is -0.972. The molecular formula is C73H122O6. The Morgan fingerprint density at radius 3 is 0.835 bits per heavy atom. The molecular weight excluding hydrogens is 973 g/mol. The monoisotopic (exact) mass is 1090 g/mol. The van der Waals surface area contributed by atoms with E-state index in [0.717, 1.165) is 116 Å². The molecule has 0 saturated carbocycles. The Morgan fingerprint density at radius 2 is 0.506 bits per heavy atom. The molecule has 0 aromatic rings. The summed E-state index contributed by atoms with van der Waals surface area (Å²) in [7, 11) is 0. The zero-order valence-corrected chi connectivity index (χ0v) is 51.6. The van der Waals surface area contributed by atoms with Gasteiger partial charge in [0, 0.05) is 19.3 Å². The van der Waals surface area contributed by atoms with Crippen molar-refractivity contribution in [3.8, 4) is 0 Å². The molecule has 0 fully saturated rings. The van der Waals surface area contributed by atoms with E-state index in [-0.39, 0.29) is 37.5 Å². The Kier molecular flexibility index (Phi) is 62.8. The van der Waals surface area contributed by atoms with E-state index in [1.807, 2.05) is 0 Å². The maximum atomic E-state index is 12.9. The first kappa shape index (κ1) is 74.8. The molecule has 0 aliphatic heterocycles. The summed E-state index contributed by atoms with van der Waals surface area (Å²) in [5.41, 5.74) is 0. The normalized spacial score (nSPS) is 12.9. The molecule has 0 amide bonds. The first-order valence-corrected chi connectivity index (χ1v) is 33.0. The highest BCUT2D eigenvalue weighted by Crippen LogP contribution is 2.16. The zero-order valence-electron chi connectivity index (χ0n) is 51.6. The van der Waals surface area contributed by atoms with Crippen LogP contribution in [0.25, 0.3) is 0 Å². The molecule has 0 aromatic carbocycles. The van der Waals surface area contributed by atoms with Crippen LogP contribution in [0.1, 0.15) is 303 Å². The van der Waals surface area contributed by atoms with Crippen LogP contribution in [0.5, 0.6) is 0 Å². The molecule has 0 aliphatic rings. The number of hydrogen-bond acceptors (Lipinski definition) is 6. The van der Waals surface area contributed by atoms with E-state index in [9.17, 15) is 14.4 Å². The van der Waals surface area contributed by atoms with Crippen molar-refractivity contribution >= 4 is 17.9 Å². The van der Waals surface area contributed by atoms with Crippen molar-refractivity contribution < 1.29 is 28.6 Å². The number of ether oxygens (including phenoxy) is 3. The van der Waals surface area contributed by atoms with Crippen LogP contribution >= 0.6 is 0 Å². The average molecular weight is 1100 g/mol. The summed E-state index contributed by atoms with van der Waals surface area (Å²) >= 11 is 0. The second-order valence-corrected chi connectivity index (χ2v) is 21.6. The van der Waals surface area contributed by atoms with Gasteiger partial charge in [-0.05, 0) is 122 Å². The molecule has 0 aliphatic carbocycles. The number of hydrogen-bond donors (Lipinski definition) is 0. The molecule has 1 unspecified atom stereocenters. The smallest absolute Gasteiger partial charge is 0.306 e. The van der Waals surface area contributed by atoms with Gasteiger partial charge >= 0.3 is 17.9 Å². The fraction of sp³-hybridized carbons (Fsp3) is 0.685. The van der Waals surface area contributed by atoms with Crippen LogP contribution in [-0.4, -0.2) is 37.2 Å². The molecule has 79 heavy (non-hydrogen) atoms. The predicted molar refractivity (Wildman–Crippen MR) is 343 cm³/mol. The SMILES string of the molecule is CC/C=C\C/C=C\C/C=C\C/C=C\C/C=C\CCCC(=O)OCC(COC(=O)CCCCCCCCCCCCCCC/C=C\CCCCCCCCCC)OC(=O)CCCCCCCC/C=C\C/C=C\C/C=C\C/C=C\CC. The highest BCUT2D eigenvalue weighted by molar-refractivity contribution is 5.71. The van der Waals surface area contributed by atoms with E-state index >= 15 is 0 Å². The van der Waals surface area contributed by atoms with E-state index in [1.165, 1.54) is 141 Å². The summed E-state index contributed by atoms with van der Waals surface area (Å²) in [6.07, 6.45) is 92.2. The van der Waals surface area contributed by atoms with Crippen molar-refractivity contribution in [1.82, 2.24) is 0 Å². The lowest BCUT2D eigenvalue weighted by atomic mass is 10.0. The Balaban J connectivity index is 4.42. The highest BCUT2D eigenvalue weighted by Gasteiger charge is 2.19. The first-order chi connectivity index (χ1) is 39.0. The number of carbonyl (C=O) groups is 3. The van der Waals surface area contributed by atoms with E-state index in [4.69, 9.17) is 14.2 Å². The Morgan fingerprint density at radius 1 is 0.266 bits per heavy atom. The molecule has 6 nitrogen and oxygen atoms in total. The van der Waals surface area contributed by atoms with Gasteiger partial charge in [-0.3, -0.25) is 14.4 Å². The van der Waals surface area contributed by atoms with Gasteiger partial charge in [0.25, 0.3) is 0 Å². The molecule has 0 aromatic heterocycles. The van der Waals surface area contributed by atoms with Crippen LogP contribution in [0.3, 0.4) is 0 Å². The third kappa shape index (κ3) is 64.5. The minimum atomic E-state index is -0.814. The fourth-order valence-electron chi connectivity index (χ4n) is 9.05. The lowest BCUT2D eigenvalue weighted by Crippen LogP contribution is -2.30. The van der Waals surface area contributed by atoms with Gasteiger partial charge in [-0.1, -0.05) is 284 Å². The fourth-order valence-corrected chi connectivity index (χ4v) is 9.05. The van der Waals surface area contributed by atoms with Crippen LogP contribution in [0.15, 0.2) is 122 Å². The minimum Gasteiger partial charge on any atom is -0.462 e. The molecule has 0 heterocycles. The van der Waals surface area contributed by atoms with Crippen molar-refractivity contribution in [1.29, 1.82) is 0 Å². The number of esters is 3. The largest absolute Gasteiger partial charge is 0.462 e. The predicted octanol–water partition coefficient (Wildman–Crippen LogP) is 22.8. The van der Waals surface area contributed by atoms with Crippen molar-refractivity contribution in [2.75, 3.05) is 13.2 Å². The van der Waals surface area contributed by atoms with Gasteiger partial charge in [0.15, 0.2) is 6.10 Å². The first-order valence-electron chi connectivity index (χ1n) is 33.0. The Hall–Kier alpha value is -4.19. The van der Waals surface area contributed by atoms with Crippen molar-refractivity contribution in [2.45, 2.75) is 309 Å². The van der Waals surface area contributed by atoms with E-state index in [0.29, 0.717) is 19.3 Å². The van der Waals surface area contributed by atoms with Gasteiger partial charge in [0.2, 0.25) is 0 Å². The molecule has 0 spiro atoms. The van der Waals surface area contributed by atoms with Crippen LogP contribution < -0.4 is 0 Å². The topological polar surface area (TPSA) is 78.9 Å². The van der Waals surface area contributed by atoms with Crippen LogP contribution in [-0.2, 0) is 28.6 Å². The summed E-state index contributed by atoms with van der Waals surface area (Å²) in [6, 6.07) is 0. The summed E-state index contributed by atoms with van der Waals surface area (Å²) in [6.45, 7) is 6.38. The summed E-state index contributed by atoms with van der Waals surface area (Å²) in [5, 5.41) is 0. The summed E-state index contributed by atoms with van der Waals surface area (Å²) < 4.78 is 16.9. The number of carbonyl (C=O) groups excluding carboxylic acids is 3. The van der Waals surface area contributed by atoms with Gasteiger partial charge in [-0.25, -0.2) is 0 Å². The third-order valence-corrected chi connectivity index (χ3v) is 13.9. The summed E-state index contributed by atoms with van der Waals surface area (Å²) in [4.78, 5) is 38.4. The molecule has 0 N–H and O–H groups in total. The van der Waals surface area contributed by atoms with Crippen molar-refractivity contribution in [2.24, 2.45) is 0 Å². The molecule has 0 radical (unpaired) electrons. The standard InChI is InChI=1S/C73H122O6/c1-4-7-10-13-16-19-22-25-28-31-33-34-35-36-37-38-40-42-45-48-51-54-57-60-63-66-72(75)78-69-70(68-77-71(74)65-62-59-56-53-50-47-44-41-30-27-24-21-18-15-12-9-6-3)79-73(76)67-64-61-58-55-52-49-46-43-39-32-29-26-23-20-17-14-11-8-5-2/h8-9,11-12,17-18,20-21,26-27,29-31,33,39,43-44,47,53,56,70H,4-7,10,13-16,19,22-25,28,32,34-38,40-42,45-46,48-52,54-55,57-69H2,1-3H3/b11-8-,12-9-,20-17-,21-18-,29-26-,30-27-,33-31-,43-39-,47-44-,56-53-. The van der Waals surface area contributed by atoms with Crippen LogP contribution in [0.4, 0.5) is 0 Å². The quantitative estimate of drug-likeness (QED) is 0.0261. The van der Waals surface area contributed by atoms with Gasteiger partial charge < -0.3 is 14.2 Å². The second kappa shape index (κ2) is 66.3. The molecule has 6 heteroatoms. The lowest BCUT2D eigenvalue weighted by molar-refractivity contribution is -0.167. The lowest BCUT2D eigenvalue weighted by Gasteiger charge is -2.18. The van der Waals surface area contributed by atoms with Crippen LogP contribution in [0, 0.1) is 0 Å². The van der Waals surface area contributed by atoms with Gasteiger partial charge in [0.1, 0.15) is 13.2 Å². The molecule has 1 atom stereocenters. The second-order valence-electron chi connectivity index (χ2n) is 21.6. The average Bonchev–Trinajstić information content (AvgIpc) is 3.45. The molecule has 450 valence electrons. The van der Waals surface area contributed by atoms with Crippen LogP contribution in [0.2, 0.25) is 0 Å². The third-order valence-electron chi connectivity index (χ3n) is 13.9. The molecule has 0 rings (SSSR count). The Labute approximate surface area is 488 Å². The van der Waals surface area contributed by atoms with Crippen molar-refractivity contribution in [3.05, 3.63) is 122 Å². The van der Waals surface area contributed by atoms with Gasteiger partial charge in [-0.15, -0.1) is 0 Å². The Bertz CT molecular complexity index is 1640. The van der Waals surface area contributed by atoms with Gasteiger partial charge in [-0.2, -0.15) is 0 Å². The number of allylic oxidation sites excluding steroid dienone is 20. The maximum absolute atomic E-state index is 12.9. The number of rotatable bonds is 59.